The Morgan fingerprint density at radius 2 is 2.00 bits per heavy atom. The van der Waals surface area contributed by atoms with Crippen LogP contribution in [0, 0.1) is 5.82 Å². The van der Waals surface area contributed by atoms with E-state index in [1.54, 1.807) is 4.68 Å². The summed E-state index contributed by atoms with van der Waals surface area (Å²) < 4.78 is 22.6. The zero-order chi connectivity index (χ0) is 24.9. The van der Waals surface area contributed by atoms with Crippen LogP contribution >= 0.6 is 11.6 Å². The maximum atomic E-state index is 15.3. The number of methoxy groups -OCH3 is 1. The van der Waals surface area contributed by atoms with Gasteiger partial charge in [0.1, 0.15) is 35.5 Å². The number of rotatable bonds is 6. The number of benzene rings is 1. The van der Waals surface area contributed by atoms with Gasteiger partial charge < -0.3 is 20.7 Å². The summed E-state index contributed by atoms with van der Waals surface area (Å²) in [6.45, 7) is 9.04. The molecule has 0 bridgehead atoms. The monoisotopic (exact) mass is 492 g/mol. The summed E-state index contributed by atoms with van der Waals surface area (Å²) in [5.41, 5.74) is 7.61. The van der Waals surface area contributed by atoms with Gasteiger partial charge in [0.2, 0.25) is 0 Å². The fraction of sp³-hybridized carbons (Fsp3) is 0.522. The Labute approximate surface area is 202 Å². The van der Waals surface area contributed by atoms with Crippen LogP contribution < -0.4 is 10.5 Å². The normalized spacial score (nSPS) is 17.1. The van der Waals surface area contributed by atoms with Crippen molar-refractivity contribution in [2.24, 2.45) is 0 Å². The number of ether oxygens (including phenoxy) is 1. The molecule has 3 heterocycles. The summed E-state index contributed by atoms with van der Waals surface area (Å²) in [6.07, 6.45) is 0.0322. The van der Waals surface area contributed by atoms with Gasteiger partial charge in [0.25, 0.3) is 0 Å². The molecule has 4 rings (SSSR count). The predicted octanol–water partition coefficient (Wildman–Crippen LogP) is 3.04. The predicted molar refractivity (Wildman–Crippen MR) is 128 cm³/mol. The number of hydrogen-bond donors (Lipinski definition) is 3. The second kappa shape index (κ2) is 8.92. The van der Waals surface area contributed by atoms with Gasteiger partial charge in [-0.3, -0.25) is 4.90 Å². The molecule has 2 unspecified atom stereocenters. The fourth-order valence-corrected chi connectivity index (χ4v) is 4.72. The number of hydrogen-bond acceptors (Lipinski definition) is 8. The Morgan fingerprint density at radius 1 is 1.32 bits per heavy atom. The lowest BCUT2D eigenvalue weighted by molar-refractivity contribution is 0.0448. The zero-order valence-corrected chi connectivity index (χ0v) is 20.6. The maximum absolute atomic E-state index is 15.3. The van der Waals surface area contributed by atoms with Gasteiger partial charge in [-0.2, -0.15) is 5.10 Å². The Morgan fingerprint density at radius 3 is 2.59 bits per heavy atom. The molecule has 0 spiro atoms. The molecule has 1 aliphatic rings. The van der Waals surface area contributed by atoms with E-state index < -0.39 is 24.6 Å². The Bertz CT molecular complexity index is 1220. The van der Waals surface area contributed by atoms with Crippen LogP contribution in [0.15, 0.2) is 12.4 Å². The number of anilines is 1. The third kappa shape index (κ3) is 3.98. The molecule has 2 aromatic heterocycles. The first kappa shape index (κ1) is 24.6. The average molecular weight is 493 g/mol. The first-order valence-corrected chi connectivity index (χ1v) is 11.5. The summed E-state index contributed by atoms with van der Waals surface area (Å²) in [7, 11) is 1.50. The molecule has 0 aliphatic carbocycles. The van der Waals surface area contributed by atoms with Gasteiger partial charge in [0, 0.05) is 35.7 Å². The largest absolute Gasteiger partial charge is 0.496 e. The van der Waals surface area contributed by atoms with E-state index in [0.29, 0.717) is 41.0 Å². The lowest BCUT2D eigenvalue weighted by Crippen LogP contribution is -2.54. The van der Waals surface area contributed by atoms with Crippen molar-refractivity contribution in [1.82, 2.24) is 24.6 Å². The van der Waals surface area contributed by atoms with E-state index in [-0.39, 0.29) is 28.0 Å². The fourth-order valence-electron chi connectivity index (χ4n) is 4.50. The highest BCUT2D eigenvalue weighted by molar-refractivity contribution is 6.31. The average Bonchev–Trinajstić information content (AvgIpc) is 3.14. The molecule has 0 amide bonds. The zero-order valence-electron chi connectivity index (χ0n) is 19.9. The Kier molecular flexibility index (Phi) is 6.45. The molecule has 9 nitrogen and oxygen atoms in total. The number of likely N-dealkylation sites (tertiary alicyclic amines) is 1. The molecule has 0 saturated carbocycles. The van der Waals surface area contributed by atoms with E-state index in [1.165, 1.54) is 19.5 Å². The minimum atomic E-state index is -1.27. The summed E-state index contributed by atoms with van der Waals surface area (Å²) in [4.78, 5) is 10.6. The molecule has 1 aliphatic heterocycles. The van der Waals surface area contributed by atoms with Gasteiger partial charge in [0.05, 0.1) is 30.2 Å². The highest BCUT2D eigenvalue weighted by atomic mass is 35.5. The minimum absolute atomic E-state index is 0.00641. The van der Waals surface area contributed by atoms with Gasteiger partial charge in [-0.1, -0.05) is 11.6 Å². The summed E-state index contributed by atoms with van der Waals surface area (Å²) in [5.74, 6) is -0.0189. The first-order chi connectivity index (χ1) is 16.0. The van der Waals surface area contributed by atoms with Crippen LogP contribution in [0.3, 0.4) is 0 Å². The van der Waals surface area contributed by atoms with E-state index in [1.807, 2.05) is 6.92 Å². The van der Waals surface area contributed by atoms with Crippen molar-refractivity contribution in [2.45, 2.75) is 51.3 Å². The Hall–Kier alpha value is -2.53. The number of nitrogens with zero attached hydrogens (tertiary/aromatic N) is 5. The molecule has 1 fully saturated rings. The highest BCUT2D eigenvalue weighted by Crippen LogP contribution is 2.45. The number of aromatic nitrogens is 4. The number of nitrogen functional groups attached to an aromatic ring is 1. The third-order valence-corrected chi connectivity index (χ3v) is 6.80. The Balaban J connectivity index is 1.84. The molecule has 11 heteroatoms. The second-order valence-electron chi connectivity index (χ2n) is 9.64. The molecular weight excluding hydrogens is 463 g/mol. The van der Waals surface area contributed by atoms with Crippen molar-refractivity contribution in [1.29, 1.82) is 0 Å². The molecule has 2 atom stereocenters. The van der Waals surface area contributed by atoms with Crippen LogP contribution in [0.4, 0.5) is 10.2 Å². The van der Waals surface area contributed by atoms with Crippen molar-refractivity contribution in [3.63, 3.8) is 0 Å². The van der Waals surface area contributed by atoms with Crippen LogP contribution in [0.5, 0.6) is 5.75 Å². The summed E-state index contributed by atoms with van der Waals surface area (Å²) in [6, 6.07) is 1.02. The quantitative estimate of drug-likeness (QED) is 0.480. The maximum Gasteiger partial charge on any atom is 0.164 e. The standard InChI is InChI=1S/C23H30ClFN6O3/c1-11(31-22-17(21(26)27-10-28-22)19(29-31)15(33)9-32)13-6-14(24)18(25)16(20(13)34-5)12-7-30(8-12)23(2,3)4/h6,10-12,15,32-33H,7-9H2,1-5H3,(H2,26,27,28). The number of fused-ring (bicyclic) bond motifs is 1. The summed E-state index contributed by atoms with van der Waals surface area (Å²) in [5, 5.41) is 24.7. The molecule has 0 radical (unpaired) electrons. The van der Waals surface area contributed by atoms with Crippen LogP contribution in [-0.4, -0.2) is 67.2 Å². The van der Waals surface area contributed by atoms with Gasteiger partial charge in [-0.25, -0.2) is 19.0 Å². The van der Waals surface area contributed by atoms with E-state index in [9.17, 15) is 10.2 Å². The van der Waals surface area contributed by atoms with Crippen molar-refractivity contribution in [3.05, 3.63) is 40.1 Å². The molecule has 184 valence electrons. The van der Waals surface area contributed by atoms with Crippen molar-refractivity contribution < 1.29 is 19.3 Å². The SMILES string of the molecule is COc1c(C(C)n2nc(C(O)CO)c3c(N)ncnc32)cc(Cl)c(F)c1C1CN(C(C)(C)C)C1. The van der Waals surface area contributed by atoms with Gasteiger partial charge in [0.15, 0.2) is 5.65 Å². The van der Waals surface area contributed by atoms with Crippen LogP contribution in [0.25, 0.3) is 11.0 Å². The number of aliphatic hydroxyl groups excluding tert-OH is 2. The van der Waals surface area contributed by atoms with E-state index in [2.05, 4.69) is 40.7 Å². The van der Waals surface area contributed by atoms with Gasteiger partial charge in [-0.05, 0) is 33.8 Å². The molecule has 1 saturated heterocycles. The smallest absolute Gasteiger partial charge is 0.164 e. The lowest BCUT2D eigenvalue weighted by atomic mass is 9.84. The molecular formula is C23H30ClFN6O3. The van der Waals surface area contributed by atoms with Crippen molar-refractivity contribution >= 4 is 28.5 Å². The van der Waals surface area contributed by atoms with Crippen LogP contribution in [-0.2, 0) is 0 Å². The van der Waals surface area contributed by atoms with E-state index >= 15 is 4.39 Å². The topological polar surface area (TPSA) is 123 Å². The minimum Gasteiger partial charge on any atom is -0.496 e. The third-order valence-electron chi connectivity index (χ3n) is 6.53. The molecule has 4 N–H and O–H groups in total. The highest BCUT2D eigenvalue weighted by Gasteiger charge is 2.39. The second-order valence-corrected chi connectivity index (χ2v) is 10.1. The molecule has 1 aromatic carbocycles. The lowest BCUT2D eigenvalue weighted by Gasteiger charge is -2.48. The van der Waals surface area contributed by atoms with Gasteiger partial charge in [-0.15, -0.1) is 0 Å². The molecule has 3 aromatic rings. The number of aliphatic hydroxyl groups is 2. The molecule has 34 heavy (non-hydrogen) atoms. The first-order valence-electron chi connectivity index (χ1n) is 11.1. The van der Waals surface area contributed by atoms with Gasteiger partial charge >= 0.3 is 0 Å². The summed E-state index contributed by atoms with van der Waals surface area (Å²) >= 11 is 6.36. The number of nitrogens with two attached hydrogens (primary N) is 1. The van der Waals surface area contributed by atoms with E-state index in [0.717, 1.165) is 0 Å². The van der Waals surface area contributed by atoms with Crippen LogP contribution in [0.1, 0.15) is 62.6 Å². The van der Waals surface area contributed by atoms with Crippen molar-refractivity contribution in [2.75, 3.05) is 32.5 Å². The van der Waals surface area contributed by atoms with Crippen LogP contribution in [0.2, 0.25) is 5.02 Å². The van der Waals surface area contributed by atoms with E-state index in [4.69, 9.17) is 22.1 Å². The number of halogens is 2. The van der Waals surface area contributed by atoms with Crippen molar-refractivity contribution in [3.8, 4) is 5.75 Å².